The largest absolute Gasteiger partial charge is 0.508 e. The number of phenolic OH excluding ortho intramolecular Hbond substituents is 4. The second-order valence-electron chi connectivity index (χ2n) is 8.14. The number of phenols is 4. The van der Waals surface area contributed by atoms with E-state index in [-0.39, 0.29) is 52.9 Å². The number of Topliss-reactive ketones (excluding diaryl/α,β-unsaturated/α-hetero) is 1. The van der Waals surface area contributed by atoms with Crippen molar-refractivity contribution in [2.24, 2.45) is 0 Å². The maximum atomic E-state index is 13.2. The van der Waals surface area contributed by atoms with Gasteiger partial charge >= 0.3 is 0 Å². The van der Waals surface area contributed by atoms with E-state index in [4.69, 9.17) is 4.74 Å². The van der Waals surface area contributed by atoms with E-state index < -0.39 is 11.7 Å². The van der Waals surface area contributed by atoms with Crippen molar-refractivity contribution in [3.05, 3.63) is 64.3 Å². The number of carbonyl (C=O) groups excluding carboxylic acids is 1. The van der Waals surface area contributed by atoms with Gasteiger partial charge in [-0.15, -0.1) is 0 Å². The molecule has 6 heteroatoms. The number of rotatable bonds is 6. The number of benzene rings is 2. The van der Waals surface area contributed by atoms with E-state index in [0.29, 0.717) is 5.56 Å². The highest BCUT2D eigenvalue weighted by molar-refractivity contribution is 6.07. The van der Waals surface area contributed by atoms with Gasteiger partial charge < -0.3 is 25.2 Å². The van der Waals surface area contributed by atoms with Crippen LogP contribution < -0.4 is 4.74 Å². The molecule has 3 rings (SSSR count). The van der Waals surface area contributed by atoms with Crippen LogP contribution in [-0.2, 0) is 6.42 Å². The average Bonchev–Trinajstić information content (AvgIpc) is 2.68. The molecule has 0 aromatic heterocycles. The monoisotopic (exact) mass is 424 g/mol. The van der Waals surface area contributed by atoms with E-state index >= 15 is 0 Å². The lowest BCUT2D eigenvalue weighted by Gasteiger charge is -2.26. The number of hydrogen-bond acceptors (Lipinski definition) is 6. The summed E-state index contributed by atoms with van der Waals surface area (Å²) in [5, 5.41) is 40.9. The Morgan fingerprint density at radius 3 is 2.48 bits per heavy atom. The minimum Gasteiger partial charge on any atom is -0.508 e. The van der Waals surface area contributed by atoms with Crippen LogP contribution in [0.25, 0.3) is 0 Å². The number of hydrogen-bond donors (Lipinski definition) is 4. The number of ketones is 1. The fourth-order valence-electron chi connectivity index (χ4n) is 3.67. The molecule has 4 N–H and O–H groups in total. The molecule has 164 valence electrons. The van der Waals surface area contributed by atoms with Crippen LogP contribution in [0.4, 0.5) is 0 Å². The van der Waals surface area contributed by atoms with E-state index in [0.717, 1.165) is 24.5 Å². The minimum atomic E-state index is -0.835. The SMILES string of the molecule is CC(C)=CCC/C(C)=C/Cc1c(O)cc2c(c1O)C(=O)[C@@H](c1ccc(O)cc1O)CO2. The number of carbonyl (C=O) groups is 1. The molecule has 2 aromatic carbocycles. The summed E-state index contributed by atoms with van der Waals surface area (Å²) < 4.78 is 5.63. The quantitative estimate of drug-likeness (QED) is 0.481. The van der Waals surface area contributed by atoms with Gasteiger partial charge in [-0.2, -0.15) is 0 Å². The number of allylic oxidation sites excluding steroid dienone is 4. The van der Waals surface area contributed by atoms with Crippen LogP contribution in [0.1, 0.15) is 61.0 Å². The van der Waals surface area contributed by atoms with Crippen molar-refractivity contribution in [2.45, 2.75) is 46.0 Å². The van der Waals surface area contributed by atoms with Gasteiger partial charge in [-0.3, -0.25) is 4.79 Å². The Bertz CT molecular complexity index is 1060. The molecule has 1 heterocycles. The number of fused-ring (bicyclic) bond motifs is 1. The van der Waals surface area contributed by atoms with E-state index in [1.807, 2.05) is 26.8 Å². The molecule has 0 saturated heterocycles. The third-order valence-electron chi connectivity index (χ3n) is 5.45. The number of ether oxygens (including phenoxy) is 1. The predicted octanol–water partition coefficient (Wildman–Crippen LogP) is 5.10. The highest BCUT2D eigenvalue weighted by Crippen LogP contribution is 2.45. The smallest absolute Gasteiger partial charge is 0.181 e. The van der Waals surface area contributed by atoms with Crippen LogP contribution >= 0.6 is 0 Å². The van der Waals surface area contributed by atoms with Crippen molar-refractivity contribution in [1.82, 2.24) is 0 Å². The maximum Gasteiger partial charge on any atom is 0.181 e. The summed E-state index contributed by atoms with van der Waals surface area (Å²) in [7, 11) is 0. The van der Waals surface area contributed by atoms with Crippen LogP contribution in [0.3, 0.4) is 0 Å². The summed E-state index contributed by atoms with van der Waals surface area (Å²) in [4.78, 5) is 13.2. The summed E-state index contributed by atoms with van der Waals surface area (Å²) in [5.41, 5.74) is 2.92. The Labute approximate surface area is 181 Å². The predicted molar refractivity (Wildman–Crippen MR) is 118 cm³/mol. The summed E-state index contributed by atoms with van der Waals surface area (Å²) in [5.74, 6) is -1.92. The Balaban J connectivity index is 1.89. The first kappa shape index (κ1) is 22.3. The Morgan fingerprint density at radius 1 is 1.06 bits per heavy atom. The zero-order valence-electron chi connectivity index (χ0n) is 18.0. The summed E-state index contributed by atoms with van der Waals surface area (Å²) >= 11 is 0. The molecule has 2 aromatic rings. The number of aromatic hydroxyl groups is 4. The van der Waals surface area contributed by atoms with Crippen LogP contribution in [0.2, 0.25) is 0 Å². The Hall–Kier alpha value is -3.41. The molecule has 1 aliphatic heterocycles. The highest BCUT2D eigenvalue weighted by Gasteiger charge is 2.35. The normalized spacial score (nSPS) is 15.9. The second kappa shape index (κ2) is 9.16. The van der Waals surface area contributed by atoms with Gasteiger partial charge in [-0.1, -0.05) is 29.4 Å². The second-order valence-corrected chi connectivity index (χ2v) is 8.14. The summed E-state index contributed by atoms with van der Waals surface area (Å²) in [6.07, 6.45) is 6.13. The molecule has 0 radical (unpaired) electrons. The van der Waals surface area contributed by atoms with Gasteiger partial charge in [-0.05, 0) is 46.1 Å². The molecule has 0 spiro atoms. The zero-order valence-corrected chi connectivity index (χ0v) is 18.0. The van der Waals surface area contributed by atoms with Gasteiger partial charge in [-0.25, -0.2) is 0 Å². The molecule has 0 aliphatic carbocycles. The van der Waals surface area contributed by atoms with Crippen molar-refractivity contribution in [2.75, 3.05) is 6.61 Å². The van der Waals surface area contributed by atoms with E-state index in [1.54, 1.807) is 0 Å². The van der Waals surface area contributed by atoms with Gasteiger partial charge in [0.2, 0.25) is 0 Å². The first-order chi connectivity index (χ1) is 14.7. The first-order valence-electron chi connectivity index (χ1n) is 10.2. The van der Waals surface area contributed by atoms with E-state index in [1.165, 1.54) is 23.8 Å². The van der Waals surface area contributed by atoms with Gasteiger partial charge in [0, 0.05) is 23.3 Å². The molecular formula is C25H28O6. The molecule has 31 heavy (non-hydrogen) atoms. The van der Waals surface area contributed by atoms with E-state index in [9.17, 15) is 25.2 Å². The molecule has 0 amide bonds. The first-order valence-corrected chi connectivity index (χ1v) is 10.2. The fourth-order valence-corrected chi connectivity index (χ4v) is 3.67. The van der Waals surface area contributed by atoms with Gasteiger partial charge in [0.05, 0.1) is 5.92 Å². The fraction of sp³-hybridized carbons (Fsp3) is 0.320. The van der Waals surface area contributed by atoms with Crippen molar-refractivity contribution < 1.29 is 30.0 Å². The molecule has 6 nitrogen and oxygen atoms in total. The van der Waals surface area contributed by atoms with Crippen LogP contribution in [-0.4, -0.2) is 32.8 Å². The Kier molecular flexibility index (Phi) is 6.59. The Morgan fingerprint density at radius 2 is 1.81 bits per heavy atom. The summed E-state index contributed by atoms with van der Waals surface area (Å²) in [6, 6.07) is 5.34. The van der Waals surface area contributed by atoms with E-state index in [2.05, 4.69) is 6.08 Å². The average molecular weight is 424 g/mol. The molecular weight excluding hydrogens is 396 g/mol. The van der Waals surface area contributed by atoms with Crippen molar-refractivity contribution in [1.29, 1.82) is 0 Å². The maximum absolute atomic E-state index is 13.2. The lowest BCUT2D eigenvalue weighted by Crippen LogP contribution is -2.26. The lowest BCUT2D eigenvalue weighted by molar-refractivity contribution is 0.0889. The van der Waals surface area contributed by atoms with Gasteiger partial charge in [0.15, 0.2) is 5.78 Å². The van der Waals surface area contributed by atoms with Crippen molar-refractivity contribution in [3.8, 4) is 28.7 Å². The molecule has 1 atom stereocenters. The minimum absolute atomic E-state index is 0.00730. The van der Waals surface area contributed by atoms with Gasteiger partial charge in [0.25, 0.3) is 0 Å². The van der Waals surface area contributed by atoms with Crippen LogP contribution in [0.5, 0.6) is 28.7 Å². The molecule has 1 aliphatic rings. The molecule has 0 unspecified atom stereocenters. The third-order valence-corrected chi connectivity index (χ3v) is 5.45. The van der Waals surface area contributed by atoms with Crippen molar-refractivity contribution >= 4 is 5.78 Å². The standard InChI is InChI=1S/C25H28O6/c1-14(2)5-4-6-15(3)7-9-18-21(28)12-22-23(24(18)29)25(30)19(13-31-22)17-10-8-16(26)11-20(17)27/h5,7-8,10-12,19,26-29H,4,6,9,13H2,1-3H3/b15-7+/t19-/m1/s1. The summed E-state index contributed by atoms with van der Waals surface area (Å²) in [6.45, 7) is 6.04. The van der Waals surface area contributed by atoms with Crippen molar-refractivity contribution in [3.63, 3.8) is 0 Å². The van der Waals surface area contributed by atoms with Gasteiger partial charge in [0.1, 0.15) is 40.9 Å². The molecule has 0 saturated carbocycles. The third kappa shape index (κ3) is 4.85. The molecule has 0 fully saturated rings. The lowest BCUT2D eigenvalue weighted by atomic mass is 9.86. The zero-order chi connectivity index (χ0) is 22.7. The van der Waals surface area contributed by atoms with Crippen LogP contribution in [0, 0.1) is 0 Å². The molecule has 0 bridgehead atoms. The van der Waals surface area contributed by atoms with Crippen LogP contribution in [0.15, 0.2) is 47.6 Å². The highest BCUT2D eigenvalue weighted by atomic mass is 16.5. The topological polar surface area (TPSA) is 107 Å².